The number of rotatable bonds is 2. The van der Waals surface area contributed by atoms with E-state index in [1.807, 2.05) is 0 Å². The molecule has 0 amide bonds. The monoisotopic (exact) mass is 318 g/mol. The van der Waals surface area contributed by atoms with Gasteiger partial charge in [-0.25, -0.2) is 0 Å². The minimum absolute atomic E-state index is 0.187. The molecule has 3 saturated carbocycles. The second kappa shape index (κ2) is 5.59. The van der Waals surface area contributed by atoms with Crippen LogP contribution in [0.5, 0.6) is 0 Å². The van der Waals surface area contributed by atoms with Crippen LogP contribution < -0.4 is 0 Å². The van der Waals surface area contributed by atoms with Crippen molar-refractivity contribution < 1.29 is 10.2 Å². The molecule has 0 radical (unpaired) electrons. The maximum Gasteiger partial charge on any atom is 0.0723 e. The smallest absolute Gasteiger partial charge is 0.0723 e. The predicted octanol–water partition coefficient (Wildman–Crippen LogP) is 4.45. The Morgan fingerprint density at radius 1 is 1.00 bits per heavy atom. The van der Waals surface area contributed by atoms with Crippen LogP contribution in [0.2, 0.25) is 0 Å². The van der Waals surface area contributed by atoms with E-state index in [1.165, 1.54) is 38.5 Å². The molecular weight excluding hydrogens is 284 g/mol. The van der Waals surface area contributed by atoms with Gasteiger partial charge in [0.1, 0.15) is 0 Å². The first kappa shape index (κ1) is 16.1. The highest BCUT2D eigenvalue weighted by Gasteiger charge is 2.62. The molecule has 130 valence electrons. The van der Waals surface area contributed by atoms with Gasteiger partial charge in [0.25, 0.3) is 0 Å². The summed E-state index contributed by atoms with van der Waals surface area (Å²) in [5.74, 6) is 3.12. The number of hydrogen-bond donors (Lipinski definition) is 2. The van der Waals surface area contributed by atoms with Gasteiger partial charge in [0.15, 0.2) is 0 Å². The Morgan fingerprint density at radius 2 is 1.83 bits per heavy atom. The number of aliphatic hydroxyl groups excluding tert-OH is 1. The van der Waals surface area contributed by atoms with Crippen LogP contribution in [-0.2, 0) is 0 Å². The summed E-state index contributed by atoms with van der Waals surface area (Å²) < 4.78 is 0. The standard InChI is InChI=1S/C21H34O2/c1-3-20-11-9-17-16-8-6-15(22)13-14(16)5-7-18(17)19(20)10-12-21(20,23)4-2/h13,15-19,22-23H,3-12H2,1-2H3/t15?,16-,17+,18+,19-,20-,21-/m0/s1. The first-order valence-corrected chi connectivity index (χ1v) is 10.2. The molecule has 0 bridgehead atoms. The highest BCUT2D eigenvalue weighted by molar-refractivity contribution is 5.21. The third-order valence-corrected chi connectivity index (χ3v) is 8.65. The van der Waals surface area contributed by atoms with Crippen LogP contribution in [0.25, 0.3) is 0 Å². The number of aliphatic hydroxyl groups is 2. The van der Waals surface area contributed by atoms with Gasteiger partial charge in [-0.1, -0.05) is 25.5 Å². The first-order chi connectivity index (χ1) is 11.0. The van der Waals surface area contributed by atoms with Crippen molar-refractivity contribution in [3.63, 3.8) is 0 Å². The van der Waals surface area contributed by atoms with E-state index in [1.54, 1.807) is 5.57 Å². The van der Waals surface area contributed by atoms with Gasteiger partial charge in [0, 0.05) is 5.41 Å². The van der Waals surface area contributed by atoms with E-state index in [-0.39, 0.29) is 11.5 Å². The lowest BCUT2D eigenvalue weighted by Crippen LogP contribution is -2.53. The van der Waals surface area contributed by atoms with Crippen LogP contribution in [-0.4, -0.2) is 21.9 Å². The zero-order valence-electron chi connectivity index (χ0n) is 14.9. The summed E-state index contributed by atoms with van der Waals surface area (Å²) in [6.07, 6.45) is 13.5. The summed E-state index contributed by atoms with van der Waals surface area (Å²) in [6, 6.07) is 0. The molecule has 0 aromatic heterocycles. The van der Waals surface area contributed by atoms with E-state index in [4.69, 9.17) is 0 Å². The quantitative estimate of drug-likeness (QED) is 0.738. The third-order valence-electron chi connectivity index (χ3n) is 8.65. The van der Waals surface area contributed by atoms with Crippen molar-refractivity contribution in [1.29, 1.82) is 0 Å². The fraction of sp³-hybridized carbons (Fsp3) is 0.905. The van der Waals surface area contributed by atoms with Crippen molar-refractivity contribution >= 4 is 0 Å². The van der Waals surface area contributed by atoms with Crippen LogP contribution in [0, 0.1) is 29.1 Å². The van der Waals surface area contributed by atoms with Crippen LogP contribution in [0.4, 0.5) is 0 Å². The molecule has 23 heavy (non-hydrogen) atoms. The summed E-state index contributed by atoms with van der Waals surface area (Å²) >= 11 is 0. The normalized spacial score (nSPS) is 52.3. The molecule has 4 rings (SSSR count). The maximum atomic E-state index is 11.4. The fourth-order valence-electron chi connectivity index (χ4n) is 7.54. The van der Waals surface area contributed by atoms with Gasteiger partial charge in [-0.15, -0.1) is 0 Å². The van der Waals surface area contributed by atoms with Crippen molar-refractivity contribution in [3.05, 3.63) is 11.6 Å². The lowest BCUT2D eigenvalue weighted by Gasteiger charge is -2.57. The van der Waals surface area contributed by atoms with Gasteiger partial charge in [-0.2, -0.15) is 0 Å². The number of hydrogen-bond acceptors (Lipinski definition) is 2. The molecule has 1 unspecified atom stereocenters. The molecular formula is C21H34O2. The summed E-state index contributed by atoms with van der Waals surface area (Å²) in [5.41, 5.74) is 1.35. The molecule has 7 atom stereocenters. The first-order valence-electron chi connectivity index (χ1n) is 10.2. The maximum absolute atomic E-state index is 11.4. The third kappa shape index (κ3) is 2.13. The Morgan fingerprint density at radius 3 is 2.57 bits per heavy atom. The van der Waals surface area contributed by atoms with E-state index in [0.717, 1.165) is 49.4 Å². The topological polar surface area (TPSA) is 40.5 Å². The zero-order chi connectivity index (χ0) is 16.2. The van der Waals surface area contributed by atoms with Gasteiger partial charge in [-0.05, 0) is 87.9 Å². The molecule has 0 aliphatic heterocycles. The van der Waals surface area contributed by atoms with Gasteiger partial charge < -0.3 is 10.2 Å². The summed E-state index contributed by atoms with van der Waals surface area (Å²) in [7, 11) is 0. The van der Waals surface area contributed by atoms with Crippen LogP contribution in [0.3, 0.4) is 0 Å². The largest absolute Gasteiger partial charge is 0.389 e. The van der Waals surface area contributed by atoms with Crippen molar-refractivity contribution in [2.24, 2.45) is 29.1 Å². The van der Waals surface area contributed by atoms with E-state index in [2.05, 4.69) is 19.9 Å². The Balaban J connectivity index is 1.64. The Kier molecular flexibility index (Phi) is 3.93. The van der Waals surface area contributed by atoms with Gasteiger partial charge in [0.05, 0.1) is 11.7 Å². The van der Waals surface area contributed by atoms with Crippen LogP contribution >= 0.6 is 0 Å². The summed E-state index contributed by atoms with van der Waals surface area (Å²) in [6.45, 7) is 4.51. The summed E-state index contributed by atoms with van der Waals surface area (Å²) in [4.78, 5) is 0. The Labute approximate surface area is 141 Å². The van der Waals surface area contributed by atoms with E-state index in [0.29, 0.717) is 0 Å². The number of fused-ring (bicyclic) bond motifs is 5. The van der Waals surface area contributed by atoms with Crippen molar-refractivity contribution in [3.8, 4) is 0 Å². The molecule has 4 aliphatic carbocycles. The zero-order valence-corrected chi connectivity index (χ0v) is 14.9. The molecule has 0 saturated heterocycles. The average Bonchev–Trinajstić information content (AvgIpc) is 2.88. The van der Waals surface area contributed by atoms with E-state index >= 15 is 0 Å². The minimum Gasteiger partial charge on any atom is -0.389 e. The Hall–Kier alpha value is -0.340. The molecule has 0 aromatic carbocycles. The molecule has 0 spiro atoms. The highest BCUT2D eigenvalue weighted by atomic mass is 16.3. The predicted molar refractivity (Wildman–Crippen MR) is 93.0 cm³/mol. The molecule has 3 fully saturated rings. The van der Waals surface area contributed by atoms with Crippen molar-refractivity contribution in [2.45, 2.75) is 89.8 Å². The SMILES string of the molecule is CC[C@]1(O)CC[C@H]2[C@@H]3CCC4=CC(O)CC[C@@H]4[C@H]3CC[C@@]21CC. The van der Waals surface area contributed by atoms with Gasteiger partial charge >= 0.3 is 0 Å². The number of allylic oxidation sites excluding steroid dienone is 1. The lowest BCUT2D eigenvalue weighted by atomic mass is 9.49. The van der Waals surface area contributed by atoms with Gasteiger partial charge in [0.2, 0.25) is 0 Å². The second-order valence-corrected chi connectivity index (χ2v) is 8.94. The molecule has 0 heterocycles. The van der Waals surface area contributed by atoms with Crippen LogP contribution in [0.1, 0.15) is 78.1 Å². The molecule has 4 aliphatic rings. The molecule has 0 aromatic rings. The van der Waals surface area contributed by atoms with E-state index < -0.39 is 5.60 Å². The highest BCUT2D eigenvalue weighted by Crippen LogP contribution is 2.66. The Bertz CT molecular complexity index is 498. The average molecular weight is 319 g/mol. The van der Waals surface area contributed by atoms with Crippen molar-refractivity contribution in [2.75, 3.05) is 0 Å². The lowest BCUT2D eigenvalue weighted by molar-refractivity contribution is -0.132. The van der Waals surface area contributed by atoms with Gasteiger partial charge in [-0.3, -0.25) is 0 Å². The van der Waals surface area contributed by atoms with Crippen LogP contribution in [0.15, 0.2) is 11.6 Å². The van der Waals surface area contributed by atoms with Crippen molar-refractivity contribution in [1.82, 2.24) is 0 Å². The summed E-state index contributed by atoms with van der Waals surface area (Å²) in [5, 5.41) is 21.3. The molecule has 2 nitrogen and oxygen atoms in total. The second-order valence-electron chi connectivity index (χ2n) is 8.94. The molecule has 2 heteroatoms. The van der Waals surface area contributed by atoms with E-state index in [9.17, 15) is 10.2 Å². The molecule has 2 N–H and O–H groups in total. The fourth-order valence-corrected chi connectivity index (χ4v) is 7.54. The minimum atomic E-state index is -0.406.